The van der Waals surface area contributed by atoms with Crippen LogP contribution < -0.4 is 19.3 Å². The van der Waals surface area contributed by atoms with E-state index in [1.807, 2.05) is 61.6 Å². The number of carboxylic acids is 4. The number of benzene rings is 8. The third-order valence-corrected chi connectivity index (χ3v) is 24.9. The summed E-state index contributed by atoms with van der Waals surface area (Å²) in [6.07, 6.45) is 18.4. The number of rotatable bonds is 22. The van der Waals surface area contributed by atoms with Crippen molar-refractivity contribution in [2.24, 2.45) is 9.98 Å². The highest BCUT2D eigenvalue weighted by atomic mass is 19.2. The Labute approximate surface area is 754 Å². The van der Waals surface area contributed by atoms with Gasteiger partial charge in [0, 0.05) is 65.2 Å². The molecule has 8 aromatic rings. The van der Waals surface area contributed by atoms with Crippen LogP contribution in [-0.2, 0) is 42.1 Å². The van der Waals surface area contributed by atoms with Gasteiger partial charge in [0.25, 0.3) is 0 Å². The number of nitrogens with zero attached hydrogens (tertiary/aromatic N) is 4. The summed E-state index contributed by atoms with van der Waals surface area (Å²) in [5.41, 5.74) is 30.2. The van der Waals surface area contributed by atoms with Crippen molar-refractivity contribution >= 4 is 80.6 Å². The number of anilines is 4. The van der Waals surface area contributed by atoms with E-state index in [1.165, 1.54) is 39.5 Å². The Morgan fingerprint density at radius 1 is 0.504 bits per heavy atom. The molecule has 1 unspecified atom stereocenters. The number of carbonyl (C=O) groups is 4. The van der Waals surface area contributed by atoms with Crippen LogP contribution in [0.1, 0.15) is 319 Å². The second-order valence-electron chi connectivity index (χ2n) is 40.0. The fraction of sp³-hybridized carbons (Fsp3) is 0.405. The van der Waals surface area contributed by atoms with Gasteiger partial charge in [-0.1, -0.05) is 223 Å². The van der Waals surface area contributed by atoms with Crippen LogP contribution in [0, 0.1) is 13.8 Å². The number of hydrogen-bond donors (Lipinski definition) is 4. The fourth-order valence-corrected chi connectivity index (χ4v) is 16.6. The molecule has 0 radical (unpaired) electrons. The Balaban J connectivity index is 0.000000192. The van der Waals surface area contributed by atoms with Crippen LogP contribution in [0.25, 0.3) is 11.1 Å². The number of aryl methyl sites for hydroxylation is 2. The van der Waals surface area contributed by atoms with Crippen molar-refractivity contribution in [1.29, 1.82) is 0 Å². The van der Waals surface area contributed by atoms with Crippen LogP contribution in [0.2, 0.25) is 0 Å². The van der Waals surface area contributed by atoms with Crippen LogP contribution in [0.15, 0.2) is 203 Å². The summed E-state index contributed by atoms with van der Waals surface area (Å²) in [5, 5.41) is 36.5. The van der Waals surface area contributed by atoms with Crippen molar-refractivity contribution in [3.8, 4) is 11.5 Å². The van der Waals surface area contributed by atoms with Gasteiger partial charge in [-0.25, -0.2) is 37.9 Å². The molecule has 0 amide bonds. The van der Waals surface area contributed by atoms with Crippen molar-refractivity contribution in [1.82, 2.24) is 0 Å². The monoisotopic (exact) mass is 1720 g/mol. The molecule has 0 fully saturated rings. The van der Waals surface area contributed by atoms with E-state index in [0.29, 0.717) is 35.3 Å². The predicted molar refractivity (Wildman–Crippen MR) is 523 cm³/mol. The van der Waals surface area contributed by atoms with Crippen molar-refractivity contribution in [2.75, 3.05) is 43.8 Å². The normalized spacial score (nSPS) is 16.0. The van der Waals surface area contributed by atoms with Gasteiger partial charge in [-0.3, -0.25) is 0 Å². The Morgan fingerprint density at radius 2 is 0.906 bits per heavy atom. The molecule has 2 aliphatic carbocycles. The second kappa shape index (κ2) is 40.6. The van der Waals surface area contributed by atoms with Gasteiger partial charge < -0.3 is 39.7 Å². The van der Waals surface area contributed by atoms with Crippen LogP contribution in [-0.4, -0.2) is 95.9 Å². The van der Waals surface area contributed by atoms with Crippen molar-refractivity contribution in [3.63, 3.8) is 0 Å². The van der Waals surface area contributed by atoms with Crippen LogP contribution in [0.3, 0.4) is 0 Å². The first-order valence-corrected chi connectivity index (χ1v) is 44.6. The number of carboxylic acid groups (broad SMARTS) is 4. The lowest BCUT2D eigenvalue weighted by Crippen LogP contribution is -2.34. The van der Waals surface area contributed by atoms with E-state index in [9.17, 15) is 38.2 Å². The lowest BCUT2D eigenvalue weighted by molar-refractivity contribution is -0.132. The molecule has 16 heteroatoms. The van der Waals surface area contributed by atoms with Crippen molar-refractivity contribution < 1.29 is 57.9 Å². The number of aliphatic imine (C=N–C) groups is 2. The SMILES string of the molecule is CC(/C=C/C=C(\C)c1cc(C(C)(C)C)cc(C(C)(C)C)c1OCC(F)CF)=C\C(=O)O.CCCCOc1c(/C(C)=C/C=C/C(C)=C/C(=O)O)cc(C(C)C)cc1C(C)C.Cc1ccc2c(c1)N=C(c1ccc(C(=O)O)cc1)c1cc3c(cc1N2C)C(C)(C)CCC3(C)C.Cc1ccc2c(c1)N=C(c1ccc(C(=O)O)cc1)c1cc3c(cc1N2C)C(C)(C)CCC3(C)C. The highest BCUT2D eigenvalue weighted by Gasteiger charge is 2.42. The summed E-state index contributed by atoms with van der Waals surface area (Å²) in [5.74, 6) is -1.44. The lowest BCUT2D eigenvalue weighted by atomic mass is 9.62. The van der Waals surface area contributed by atoms with Gasteiger partial charge in [0.2, 0.25) is 0 Å². The van der Waals surface area contributed by atoms with Crippen LogP contribution in [0.5, 0.6) is 11.5 Å². The minimum Gasteiger partial charge on any atom is -0.493 e. The largest absolute Gasteiger partial charge is 0.493 e. The predicted octanol–water partition coefficient (Wildman–Crippen LogP) is 28.6. The number of unbranched alkanes of at least 4 members (excludes halogenated alkanes) is 1. The third kappa shape index (κ3) is 24.2. The van der Waals surface area contributed by atoms with Gasteiger partial charge in [0.1, 0.15) is 24.8 Å². The average molecular weight is 1720 g/mol. The van der Waals surface area contributed by atoms with Crippen LogP contribution in [0.4, 0.5) is 42.9 Å². The number of ether oxygens (including phenoxy) is 2. The summed E-state index contributed by atoms with van der Waals surface area (Å²) in [4.78, 5) is 59.3. The standard InChI is InChI=1S/2C30H32N2O2.C26H36F2O3.C25H36O3/c2*1-18-7-12-25-24(15-18)31-27(19-8-10-20(11-9-19)28(33)34)21-16-22-23(17-26(21)32(25)6)30(4,5)14-13-29(22,2)3;1-17(12-23(29)30)10-9-11-18(2)21-13-19(25(3,4)5)14-22(26(6,7)8)24(21)31-16-20(28)15-27;1-8-9-13-28-25-22(18(4)5)15-21(17(2)3)16-23(25)20(7)12-10-11-19(6)14-24(26)27/h2*7-12,15-17H,13-14H2,1-6H3,(H,33,34);9-14,20H,15-16H2,1-8H3,(H,29,30);10-12,14-18H,8-9,13H2,1-7H3,(H,26,27)/b;;10-9+,17-12+,18-11+;11-10+,19-14+,20-12+. The molecule has 1 atom stereocenters. The number of aliphatic carboxylic acids is 2. The maximum Gasteiger partial charge on any atom is 0.335 e. The molecular weight excluding hydrogens is 1590 g/mol. The number of alkyl halides is 2. The van der Waals surface area contributed by atoms with Crippen molar-refractivity contribution in [2.45, 2.75) is 262 Å². The third-order valence-electron chi connectivity index (χ3n) is 24.9. The zero-order chi connectivity index (χ0) is 94.1. The first-order chi connectivity index (χ1) is 59.3. The minimum atomic E-state index is -1.68. The number of halogens is 2. The molecule has 674 valence electrons. The Bertz CT molecular complexity index is 5480. The zero-order valence-corrected chi connectivity index (χ0v) is 80.2. The van der Waals surface area contributed by atoms with E-state index in [-0.39, 0.29) is 50.2 Å². The zero-order valence-electron chi connectivity index (χ0n) is 80.2. The summed E-state index contributed by atoms with van der Waals surface area (Å²) < 4.78 is 38.5. The van der Waals surface area contributed by atoms with E-state index < -0.39 is 36.7 Å². The first-order valence-electron chi connectivity index (χ1n) is 44.6. The Kier molecular flexibility index (Phi) is 31.8. The lowest BCUT2D eigenvalue weighted by Gasteiger charge is -2.43. The van der Waals surface area contributed by atoms with Gasteiger partial charge in [-0.15, -0.1) is 0 Å². The number of aromatic carboxylic acids is 2. The summed E-state index contributed by atoms with van der Waals surface area (Å²) in [6, 6.07) is 45.0. The quantitative estimate of drug-likeness (QED) is 0.0285. The van der Waals surface area contributed by atoms with Gasteiger partial charge in [0.15, 0.2) is 6.17 Å². The molecule has 8 aromatic carbocycles. The summed E-state index contributed by atoms with van der Waals surface area (Å²) in [6.45, 7) is 53.2. The molecule has 14 nitrogen and oxygen atoms in total. The molecule has 2 heterocycles. The Hall–Kier alpha value is -11.5. The van der Waals surface area contributed by atoms with Gasteiger partial charge >= 0.3 is 23.9 Å². The summed E-state index contributed by atoms with van der Waals surface area (Å²) >= 11 is 0. The summed E-state index contributed by atoms with van der Waals surface area (Å²) in [7, 11) is 4.23. The minimum absolute atomic E-state index is 0.0759. The van der Waals surface area contributed by atoms with Crippen LogP contribution >= 0.6 is 0 Å². The molecule has 0 aromatic heterocycles. The molecule has 0 spiro atoms. The maximum atomic E-state index is 13.7. The van der Waals surface area contributed by atoms with E-state index in [0.717, 1.165) is 163 Å². The number of allylic oxidation sites excluding steroid dienone is 10. The topological polar surface area (TPSA) is 199 Å². The van der Waals surface area contributed by atoms with E-state index in [1.54, 1.807) is 50.3 Å². The average Bonchev–Trinajstić information content (AvgIpc) is 1.71. The highest BCUT2D eigenvalue weighted by Crippen LogP contribution is 2.53. The highest BCUT2D eigenvalue weighted by molar-refractivity contribution is 6.20. The molecule has 2 aliphatic heterocycles. The molecular formula is C111H136F2N4O10. The molecule has 0 saturated heterocycles. The Morgan fingerprint density at radius 3 is 1.26 bits per heavy atom. The van der Waals surface area contributed by atoms with Gasteiger partial charge in [-0.05, 0) is 275 Å². The second-order valence-corrected chi connectivity index (χ2v) is 40.0. The van der Waals surface area contributed by atoms with E-state index in [2.05, 4.69) is 255 Å². The molecule has 4 aliphatic rings. The smallest absolute Gasteiger partial charge is 0.335 e. The van der Waals surface area contributed by atoms with Gasteiger partial charge in [0.05, 0.1) is 63.3 Å². The number of hydrogen-bond acceptors (Lipinski definition) is 10. The molecule has 4 N–H and O–H groups in total. The fourth-order valence-electron chi connectivity index (χ4n) is 16.6. The molecule has 0 bridgehead atoms. The van der Waals surface area contributed by atoms with E-state index in [4.69, 9.17) is 29.7 Å². The number of fused-ring (bicyclic) bond motifs is 6. The van der Waals surface area contributed by atoms with Gasteiger partial charge in [-0.2, -0.15) is 0 Å². The van der Waals surface area contributed by atoms with E-state index >= 15 is 0 Å². The molecule has 0 saturated carbocycles. The maximum absolute atomic E-state index is 13.7. The van der Waals surface area contributed by atoms with Crippen molar-refractivity contribution in [3.05, 3.63) is 293 Å². The first kappa shape index (κ1) is 99.3. The molecule has 127 heavy (non-hydrogen) atoms. The molecule has 12 rings (SSSR count).